The third-order valence-corrected chi connectivity index (χ3v) is 3.50. The Morgan fingerprint density at radius 1 is 1.41 bits per heavy atom. The lowest BCUT2D eigenvalue weighted by Crippen LogP contribution is -2.38. The Morgan fingerprint density at radius 3 is 2.82 bits per heavy atom. The van der Waals surface area contributed by atoms with Gasteiger partial charge in [-0.15, -0.1) is 24.8 Å². The normalized spacial score (nSPS) is 14.4. The smallest absolute Gasteiger partial charge is 0.251 e. The molecule has 3 N–H and O–H groups in total. The number of nitrogens with zero attached hydrogens (tertiary/aromatic N) is 3. The summed E-state index contributed by atoms with van der Waals surface area (Å²) >= 11 is 0. The number of amides is 1. The highest BCUT2D eigenvalue weighted by Crippen LogP contribution is 2.31. The Kier molecular flexibility index (Phi) is 6.80. The number of imidazole rings is 1. The average molecular weight is 344 g/mol. The topological polar surface area (TPSA) is 85.8 Å². The van der Waals surface area contributed by atoms with Crippen molar-refractivity contribution in [3.05, 3.63) is 42.6 Å². The van der Waals surface area contributed by atoms with Crippen LogP contribution in [0.1, 0.15) is 23.2 Å². The van der Waals surface area contributed by atoms with Gasteiger partial charge in [-0.1, -0.05) is 0 Å². The van der Waals surface area contributed by atoms with Gasteiger partial charge in [-0.2, -0.15) is 0 Å². The summed E-state index contributed by atoms with van der Waals surface area (Å²) in [6.45, 7) is 0.520. The van der Waals surface area contributed by atoms with Crippen LogP contribution in [0.4, 0.5) is 0 Å². The van der Waals surface area contributed by atoms with E-state index in [0.29, 0.717) is 23.8 Å². The van der Waals surface area contributed by atoms with Gasteiger partial charge in [0.2, 0.25) is 0 Å². The van der Waals surface area contributed by atoms with Gasteiger partial charge in [-0.25, -0.2) is 9.97 Å². The van der Waals surface area contributed by atoms with E-state index in [1.54, 1.807) is 41.6 Å². The van der Waals surface area contributed by atoms with Gasteiger partial charge in [-0.05, 0) is 30.9 Å². The van der Waals surface area contributed by atoms with Gasteiger partial charge < -0.3 is 11.1 Å². The summed E-state index contributed by atoms with van der Waals surface area (Å²) in [4.78, 5) is 20.3. The zero-order valence-corrected chi connectivity index (χ0v) is 13.5. The van der Waals surface area contributed by atoms with E-state index in [1.807, 2.05) is 0 Å². The molecule has 0 aliphatic heterocycles. The number of hydrogen-bond donors (Lipinski definition) is 2. The number of nitrogens with two attached hydrogens (primary N) is 1. The number of aromatic nitrogens is 3. The summed E-state index contributed by atoms with van der Waals surface area (Å²) in [5.74, 6) is 1.13. The van der Waals surface area contributed by atoms with Crippen molar-refractivity contribution in [1.82, 2.24) is 19.9 Å². The number of rotatable bonds is 5. The molecule has 2 aromatic rings. The highest BCUT2D eigenvalue weighted by molar-refractivity contribution is 5.94. The Hall–Kier alpha value is -1.63. The number of nitrogens with one attached hydrogen (secondary N) is 1. The van der Waals surface area contributed by atoms with Crippen LogP contribution in [0.3, 0.4) is 0 Å². The quantitative estimate of drug-likeness (QED) is 0.862. The first-order chi connectivity index (χ1) is 9.74. The largest absolute Gasteiger partial charge is 0.350 e. The lowest BCUT2D eigenvalue weighted by atomic mass is 10.2. The molecule has 1 fully saturated rings. The van der Waals surface area contributed by atoms with E-state index in [1.165, 1.54) is 12.8 Å². The van der Waals surface area contributed by atoms with Crippen LogP contribution in [0.15, 0.2) is 37.1 Å². The minimum absolute atomic E-state index is 0. The molecule has 1 aliphatic carbocycles. The summed E-state index contributed by atoms with van der Waals surface area (Å²) in [6.07, 6.45) is 9.07. The Labute approximate surface area is 141 Å². The van der Waals surface area contributed by atoms with Gasteiger partial charge in [0.25, 0.3) is 5.91 Å². The lowest BCUT2D eigenvalue weighted by molar-refractivity contribution is 0.0950. The molecule has 6 nitrogen and oxygen atoms in total. The van der Waals surface area contributed by atoms with E-state index in [9.17, 15) is 4.79 Å². The van der Waals surface area contributed by atoms with Crippen LogP contribution in [-0.4, -0.2) is 33.0 Å². The van der Waals surface area contributed by atoms with Crippen molar-refractivity contribution < 1.29 is 4.79 Å². The molecule has 1 aliphatic rings. The second-order valence-electron chi connectivity index (χ2n) is 5.08. The standard InChI is InChI=1S/C14H17N5O.2ClH/c15-12(10-1-2-10)8-18-14(20)11-3-4-17-13(7-11)19-6-5-16-9-19;;/h3-7,9-10,12H,1-2,8,15H2,(H,18,20);2*1H. The second kappa shape index (κ2) is 8.12. The first-order valence-electron chi connectivity index (χ1n) is 6.72. The predicted octanol–water partition coefficient (Wildman–Crippen LogP) is 1.58. The summed E-state index contributed by atoms with van der Waals surface area (Å²) in [7, 11) is 0. The predicted molar refractivity (Wildman–Crippen MR) is 88.9 cm³/mol. The van der Waals surface area contributed by atoms with E-state index in [0.717, 1.165) is 0 Å². The first-order valence-corrected chi connectivity index (χ1v) is 6.72. The molecule has 1 saturated carbocycles. The van der Waals surface area contributed by atoms with Crippen LogP contribution in [0.2, 0.25) is 0 Å². The molecular formula is C14H19Cl2N5O. The van der Waals surface area contributed by atoms with Crippen molar-refractivity contribution in [3.63, 3.8) is 0 Å². The van der Waals surface area contributed by atoms with Crippen LogP contribution in [0.5, 0.6) is 0 Å². The van der Waals surface area contributed by atoms with Gasteiger partial charge in [0.05, 0.1) is 0 Å². The maximum atomic E-state index is 12.1. The van der Waals surface area contributed by atoms with Gasteiger partial charge in [0.15, 0.2) is 0 Å². The van der Waals surface area contributed by atoms with Crippen LogP contribution >= 0.6 is 24.8 Å². The molecule has 1 unspecified atom stereocenters. The molecule has 0 radical (unpaired) electrons. The Morgan fingerprint density at radius 2 is 2.18 bits per heavy atom. The molecular weight excluding hydrogens is 325 g/mol. The Balaban J connectivity index is 0.00000121. The zero-order chi connectivity index (χ0) is 13.9. The molecule has 1 amide bonds. The molecule has 2 aromatic heterocycles. The van der Waals surface area contributed by atoms with Crippen LogP contribution < -0.4 is 11.1 Å². The first kappa shape index (κ1) is 18.4. The number of hydrogen-bond acceptors (Lipinski definition) is 4. The molecule has 22 heavy (non-hydrogen) atoms. The summed E-state index contributed by atoms with van der Waals surface area (Å²) in [5.41, 5.74) is 6.55. The number of carbonyl (C=O) groups excluding carboxylic acids is 1. The van der Waals surface area contributed by atoms with E-state index in [-0.39, 0.29) is 36.8 Å². The highest BCUT2D eigenvalue weighted by atomic mass is 35.5. The molecule has 2 heterocycles. The van der Waals surface area contributed by atoms with E-state index in [2.05, 4.69) is 15.3 Å². The van der Waals surface area contributed by atoms with Gasteiger partial charge in [0.1, 0.15) is 12.1 Å². The molecule has 0 bridgehead atoms. The molecule has 0 spiro atoms. The van der Waals surface area contributed by atoms with E-state index >= 15 is 0 Å². The maximum absolute atomic E-state index is 12.1. The minimum atomic E-state index is -0.120. The van der Waals surface area contributed by atoms with Crippen molar-refractivity contribution in [2.75, 3.05) is 6.54 Å². The average Bonchev–Trinajstić information content (AvgIpc) is 3.19. The summed E-state index contributed by atoms with van der Waals surface area (Å²) in [5, 5.41) is 2.88. The summed E-state index contributed by atoms with van der Waals surface area (Å²) in [6, 6.07) is 3.49. The zero-order valence-electron chi connectivity index (χ0n) is 11.9. The van der Waals surface area contributed by atoms with E-state index < -0.39 is 0 Å². The maximum Gasteiger partial charge on any atom is 0.251 e. The van der Waals surface area contributed by atoms with Crippen molar-refractivity contribution in [1.29, 1.82) is 0 Å². The van der Waals surface area contributed by atoms with Crippen molar-refractivity contribution in [3.8, 4) is 5.82 Å². The third kappa shape index (κ3) is 4.43. The van der Waals surface area contributed by atoms with Gasteiger partial charge >= 0.3 is 0 Å². The van der Waals surface area contributed by atoms with Gasteiger partial charge in [0, 0.05) is 36.7 Å². The van der Waals surface area contributed by atoms with Crippen molar-refractivity contribution >= 4 is 30.7 Å². The lowest BCUT2D eigenvalue weighted by Gasteiger charge is -2.12. The molecule has 8 heteroatoms. The monoisotopic (exact) mass is 343 g/mol. The second-order valence-corrected chi connectivity index (χ2v) is 5.08. The Bertz CT molecular complexity index is 601. The SMILES string of the molecule is Cl.Cl.NC(CNC(=O)c1ccnc(-n2ccnc2)c1)C1CC1. The number of pyridine rings is 1. The molecule has 1 atom stereocenters. The third-order valence-electron chi connectivity index (χ3n) is 3.50. The van der Waals surface area contributed by atoms with Crippen LogP contribution in [-0.2, 0) is 0 Å². The fourth-order valence-corrected chi connectivity index (χ4v) is 2.10. The highest BCUT2D eigenvalue weighted by Gasteiger charge is 2.28. The molecule has 3 rings (SSSR count). The number of halogens is 2. The summed E-state index contributed by atoms with van der Waals surface area (Å²) < 4.78 is 1.76. The van der Waals surface area contributed by atoms with Crippen LogP contribution in [0.25, 0.3) is 5.82 Å². The molecule has 0 aromatic carbocycles. The molecule has 120 valence electrons. The number of carbonyl (C=O) groups is 1. The van der Waals surface area contributed by atoms with Gasteiger partial charge in [-0.3, -0.25) is 9.36 Å². The van der Waals surface area contributed by atoms with Crippen molar-refractivity contribution in [2.45, 2.75) is 18.9 Å². The molecule has 0 saturated heterocycles. The fourth-order valence-electron chi connectivity index (χ4n) is 2.10. The van der Waals surface area contributed by atoms with E-state index in [4.69, 9.17) is 5.73 Å². The fraction of sp³-hybridized carbons (Fsp3) is 0.357. The van der Waals surface area contributed by atoms with Crippen LogP contribution in [0, 0.1) is 5.92 Å². The van der Waals surface area contributed by atoms with Crippen molar-refractivity contribution in [2.24, 2.45) is 11.7 Å². The minimum Gasteiger partial charge on any atom is -0.350 e.